The number of amides is 1. The van der Waals surface area contributed by atoms with Gasteiger partial charge in [-0.2, -0.15) is 0 Å². The average molecular weight is 826 g/mol. The molecule has 342 valence electrons. The number of carbonyl (C=O) groups is 1. The Balaban J connectivity index is 2.32. The molecule has 0 bridgehead atoms. The van der Waals surface area contributed by atoms with E-state index in [9.17, 15) is 35.4 Å². The van der Waals surface area contributed by atoms with Crippen molar-refractivity contribution in [3.8, 4) is 0 Å². The molecule has 1 heterocycles. The molecule has 1 fully saturated rings. The maximum absolute atomic E-state index is 13.1. The quantitative estimate of drug-likeness (QED) is 0.0235. The van der Waals surface area contributed by atoms with Crippen LogP contribution in [0.5, 0.6) is 0 Å². The van der Waals surface area contributed by atoms with Crippen LogP contribution in [0.2, 0.25) is 0 Å². The first-order valence-corrected chi connectivity index (χ1v) is 24.1. The van der Waals surface area contributed by atoms with Crippen LogP contribution in [0.4, 0.5) is 0 Å². The smallest absolute Gasteiger partial charge is 0.249 e. The van der Waals surface area contributed by atoms with Gasteiger partial charge in [0.1, 0.15) is 30.5 Å². The highest BCUT2D eigenvalue weighted by molar-refractivity contribution is 5.80. The van der Waals surface area contributed by atoms with Crippen LogP contribution in [-0.4, -0.2) is 98.7 Å². The average Bonchev–Trinajstić information content (AvgIpc) is 3.22. The van der Waals surface area contributed by atoms with Gasteiger partial charge in [0.2, 0.25) is 5.91 Å². The molecule has 7 N–H and O–H groups in total. The van der Waals surface area contributed by atoms with Gasteiger partial charge in [-0.15, -0.1) is 0 Å². The van der Waals surface area contributed by atoms with E-state index in [0.29, 0.717) is 12.8 Å². The molecular weight excluding hydrogens is 735 g/mol. The minimum absolute atomic E-state index is 0.254. The number of hydrogen-bond donors (Lipinski definition) is 7. The summed E-state index contributed by atoms with van der Waals surface area (Å²) < 4.78 is 11.2. The normalized spacial score (nSPS) is 21.6. The van der Waals surface area contributed by atoms with Crippen molar-refractivity contribution in [3.05, 3.63) is 24.3 Å². The Bertz CT molecular complexity index is 979. The Morgan fingerprint density at radius 2 is 1.07 bits per heavy atom. The molecule has 10 nitrogen and oxygen atoms in total. The van der Waals surface area contributed by atoms with Crippen molar-refractivity contribution >= 4 is 5.91 Å². The number of allylic oxidation sites excluding steroid dienone is 4. The minimum atomic E-state index is -1.59. The fourth-order valence-corrected chi connectivity index (χ4v) is 7.73. The largest absolute Gasteiger partial charge is 0.394 e. The molecule has 58 heavy (non-hydrogen) atoms. The van der Waals surface area contributed by atoms with Crippen LogP contribution in [-0.2, 0) is 14.3 Å². The minimum Gasteiger partial charge on any atom is -0.394 e. The zero-order valence-electron chi connectivity index (χ0n) is 37.2. The van der Waals surface area contributed by atoms with Crippen molar-refractivity contribution < 1.29 is 44.9 Å². The number of nitrogens with one attached hydrogen (secondary N) is 1. The number of rotatable bonds is 40. The van der Waals surface area contributed by atoms with Crippen molar-refractivity contribution in [2.75, 3.05) is 13.2 Å². The second kappa shape index (κ2) is 38.5. The zero-order valence-corrected chi connectivity index (χ0v) is 37.2. The third kappa shape index (κ3) is 28.2. The van der Waals surface area contributed by atoms with E-state index in [0.717, 1.165) is 64.2 Å². The second-order valence-electron chi connectivity index (χ2n) is 17.0. The number of hydrogen-bond acceptors (Lipinski definition) is 9. The molecule has 1 rings (SSSR count). The first-order valence-electron chi connectivity index (χ1n) is 24.1. The molecule has 1 aliphatic heterocycles. The van der Waals surface area contributed by atoms with Crippen molar-refractivity contribution in [1.29, 1.82) is 0 Å². The van der Waals surface area contributed by atoms with Gasteiger partial charge >= 0.3 is 0 Å². The number of aliphatic hydroxyl groups excluding tert-OH is 6. The van der Waals surface area contributed by atoms with E-state index in [1.54, 1.807) is 0 Å². The third-order valence-corrected chi connectivity index (χ3v) is 11.7. The molecule has 0 aromatic heterocycles. The van der Waals surface area contributed by atoms with Crippen molar-refractivity contribution in [3.63, 3.8) is 0 Å². The first kappa shape index (κ1) is 54.6. The summed E-state index contributed by atoms with van der Waals surface area (Å²) in [5, 5.41) is 64.9. The monoisotopic (exact) mass is 826 g/mol. The predicted octanol–water partition coefficient (Wildman–Crippen LogP) is 9.25. The molecule has 0 aliphatic carbocycles. The van der Waals surface area contributed by atoms with Crippen LogP contribution in [0.25, 0.3) is 0 Å². The SMILES string of the molecule is CC/C=C\C/C=C\CCCCCCCCCCCCCCCC(O)C(=O)NC(COC1OC(CO)C(O)C(O)C1O)C(O)CCCCCCCCCCCCCCC. The molecule has 8 atom stereocenters. The summed E-state index contributed by atoms with van der Waals surface area (Å²) in [6.45, 7) is 3.57. The molecule has 1 saturated heterocycles. The molecule has 1 aliphatic rings. The topological polar surface area (TPSA) is 169 Å². The van der Waals surface area contributed by atoms with E-state index in [2.05, 4.69) is 43.5 Å². The van der Waals surface area contributed by atoms with Crippen LogP contribution < -0.4 is 5.32 Å². The Morgan fingerprint density at radius 3 is 1.57 bits per heavy atom. The molecule has 0 aromatic rings. The van der Waals surface area contributed by atoms with E-state index < -0.39 is 61.5 Å². The summed E-state index contributed by atoms with van der Waals surface area (Å²) in [5.41, 5.74) is 0. The summed E-state index contributed by atoms with van der Waals surface area (Å²) in [7, 11) is 0. The van der Waals surface area contributed by atoms with Crippen LogP contribution in [0, 0.1) is 0 Å². The fraction of sp³-hybridized carbons (Fsp3) is 0.896. The zero-order chi connectivity index (χ0) is 42.5. The highest BCUT2D eigenvalue weighted by atomic mass is 16.7. The van der Waals surface area contributed by atoms with Gasteiger partial charge in [0.05, 0.1) is 25.4 Å². The van der Waals surface area contributed by atoms with Gasteiger partial charge in [0.25, 0.3) is 0 Å². The van der Waals surface area contributed by atoms with Crippen molar-refractivity contribution in [2.45, 2.75) is 262 Å². The molecular formula is C48H91NO9. The Kier molecular flexibility index (Phi) is 36.3. The summed E-state index contributed by atoms with van der Waals surface area (Å²) in [6.07, 6.45) is 35.1. The van der Waals surface area contributed by atoms with Crippen LogP contribution in [0.1, 0.15) is 213 Å². The number of ether oxygens (including phenoxy) is 2. The van der Waals surface area contributed by atoms with Crippen molar-refractivity contribution in [2.24, 2.45) is 0 Å². The van der Waals surface area contributed by atoms with Gasteiger partial charge in [0, 0.05) is 0 Å². The number of carbonyl (C=O) groups excluding carboxylic acids is 1. The summed E-state index contributed by atoms with van der Waals surface area (Å²) in [5.74, 6) is -0.584. The second-order valence-corrected chi connectivity index (χ2v) is 17.0. The fourth-order valence-electron chi connectivity index (χ4n) is 7.73. The number of unbranched alkanes of at least 4 members (excludes halogenated alkanes) is 25. The Labute approximate surface area is 354 Å². The highest BCUT2D eigenvalue weighted by Crippen LogP contribution is 2.23. The first-order chi connectivity index (χ1) is 28.3. The third-order valence-electron chi connectivity index (χ3n) is 11.7. The summed E-state index contributed by atoms with van der Waals surface area (Å²) in [6, 6.07) is -0.891. The lowest BCUT2D eigenvalue weighted by Crippen LogP contribution is -2.60. The maximum Gasteiger partial charge on any atom is 0.249 e. The molecule has 0 aromatic carbocycles. The van der Waals surface area contributed by atoms with Gasteiger partial charge < -0.3 is 45.4 Å². The van der Waals surface area contributed by atoms with E-state index in [1.807, 2.05) is 0 Å². The van der Waals surface area contributed by atoms with Gasteiger partial charge in [-0.05, 0) is 38.5 Å². The van der Waals surface area contributed by atoms with Crippen LogP contribution >= 0.6 is 0 Å². The lowest BCUT2D eigenvalue weighted by molar-refractivity contribution is -0.302. The lowest BCUT2D eigenvalue weighted by atomic mass is 9.99. The van der Waals surface area contributed by atoms with E-state index in [4.69, 9.17) is 9.47 Å². The molecule has 8 unspecified atom stereocenters. The molecule has 10 heteroatoms. The highest BCUT2D eigenvalue weighted by Gasteiger charge is 2.44. The number of aliphatic hydroxyl groups is 6. The molecule has 0 radical (unpaired) electrons. The Hall–Kier alpha value is -1.37. The van der Waals surface area contributed by atoms with Gasteiger partial charge in [-0.25, -0.2) is 0 Å². The predicted molar refractivity (Wildman–Crippen MR) is 236 cm³/mol. The summed E-state index contributed by atoms with van der Waals surface area (Å²) >= 11 is 0. The van der Waals surface area contributed by atoms with E-state index in [-0.39, 0.29) is 6.61 Å². The molecule has 0 saturated carbocycles. The van der Waals surface area contributed by atoms with Crippen LogP contribution in [0.3, 0.4) is 0 Å². The summed E-state index contributed by atoms with van der Waals surface area (Å²) in [4.78, 5) is 13.1. The van der Waals surface area contributed by atoms with E-state index >= 15 is 0 Å². The molecule has 0 spiro atoms. The van der Waals surface area contributed by atoms with Crippen molar-refractivity contribution in [1.82, 2.24) is 5.32 Å². The lowest BCUT2D eigenvalue weighted by Gasteiger charge is -2.40. The van der Waals surface area contributed by atoms with Crippen LogP contribution in [0.15, 0.2) is 24.3 Å². The maximum atomic E-state index is 13.1. The van der Waals surface area contributed by atoms with Gasteiger partial charge in [-0.1, -0.05) is 199 Å². The molecule has 1 amide bonds. The standard InChI is InChI=1S/C48H91NO9/c1-3-5-7-9-11-13-15-17-18-19-20-21-22-23-25-27-29-31-33-35-37-42(52)47(56)49-40(39-57-48-46(55)45(54)44(53)43(38-50)58-48)41(51)36-34-32-30-28-26-24-16-14-12-10-8-6-4-2/h5,7,11,13,40-46,48,50-55H,3-4,6,8-10,12,14-39H2,1-2H3,(H,49,56)/b7-5-,13-11-. The van der Waals surface area contributed by atoms with Gasteiger partial charge in [-0.3, -0.25) is 4.79 Å². The van der Waals surface area contributed by atoms with E-state index in [1.165, 1.54) is 122 Å². The van der Waals surface area contributed by atoms with Gasteiger partial charge in [0.15, 0.2) is 6.29 Å². The Morgan fingerprint density at radius 1 is 0.603 bits per heavy atom.